The number of alkyl halides is 2. The summed E-state index contributed by atoms with van der Waals surface area (Å²) in [5.74, 6) is -0.0264. The fraction of sp³-hybridized carbons (Fsp3) is 0.739. The number of rotatable bonds is 6. The molecular formula is C23H32F4O. The molecule has 1 aromatic carbocycles. The highest BCUT2D eigenvalue weighted by molar-refractivity contribution is 5.31. The molecule has 0 radical (unpaired) electrons. The second-order valence-corrected chi connectivity index (χ2v) is 8.76. The molecule has 2 aliphatic rings. The van der Waals surface area contributed by atoms with Crippen molar-refractivity contribution in [2.24, 2.45) is 17.8 Å². The van der Waals surface area contributed by atoms with E-state index in [1.165, 1.54) is 38.5 Å². The van der Waals surface area contributed by atoms with E-state index in [-0.39, 0.29) is 5.92 Å². The molecule has 5 heteroatoms. The standard InChI is InChI=1S/C23H32F4O/c1-3-4-15-5-7-16(8-6-15)17-9-11-18(12-10-17)19-13-20(24)22(21(25)14-19)23(26,27)28-2/h13-18H,3-12H2,1-2H3. The summed E-state index contributed by atoms with van der Waals surface area (Å²) < 4.78 is 59.6. The molecule has 0 heterocycles. The second-order valence-electron chi connectivity index (χ2n) is 8.76. The van der Waals surface area contributed by atoms with Crippen LogP contribution >= 0.6 is 0 Å². The molecule has 0 N–H and O–H groups in total. The van der Waals surface area contributed by atoms with E-state index in [1.807, 2.05) is 0 Å². The number of hydrogen-bond donors (Lipinski definition) is 0. The highest BCUT2D eigenvalue weighted by Gasteiger charge is 2.39. The van der Waals surface area contributed by atoms with E-state index in [0.29, 0.717) is 11.5 Å². The minimum absolute atomic E-state index is 0.0434. The van der Waals surface area contributed by atoms with E-state index >= 15 is 0 Å². The van der Waals surface area contributed by atoms with Gasteiger partial charge < -0.3 is 4.74 Å². The van der Waals surface area contributed by atoms with Gasteiger partial charge in [-0.1, -0.05) is 32.6 Å². The third-order valence-corrected chi connectivity index (χ3v) is 7.11. The van der Waals surface area contributed by atoms with Gasteiger partial charge in [0.25, 0.3) is 0 Å². The second kappa shape index (κ2) is 9.15. The Morgan fingerprint density at radius 1 is 0.893 bits per heavy atom. The number of hydrogen-bond acceptors (Lipinski definition) is 1. The lowest BCUT2D eigenvalue weighted by atomic mass is 9.68. The molecule has 0 amide bonds. The maximum absolute atomic E-state index is 14.2. The Kier molecular flexibility index (Phi) is 7.06. The summed E-state index contributed by atoms with van der Waals surface area (Å²) >= 11 is 0. The van der Waals surface area contributed by atoms with E-state index < -0.39 is 23.3 Å². The third kappa shape index (κ3) is 4.72. The van der Waals surface area contributed by atoms with Crippen LogP contribution in [-0.2, 0) is 10.8 Å². The lowest BCUT2D eigenvalue weighted by molar-refractivity contribution is -0.235. The van der Waals surface area contributed by atoms with E-state index in [2.05, 4.69) is 11.7 Å². The van der Waals surface area contributed by atoms with Crippen molar-refractivity contribution in [2.75, 3.05) is 7.11 Å². The van der Waals surface area contributed by atoms with Crippen molar-refractivity contribution < 1.29 is 22.3 Å². The van der Waals surface area contributed by atoms with Gasteiger partial charge in [-0.05, 0) is 79.9 Å². The summed E-state index contributed by atoms with van der Waals surface area (Å²) in [6, 6.07) is 2.15. The van der Waals surface area contributed by atoms with Crippen LogP contribution in [0.2, 0.25) is 0 Å². The number of methoxy groups -OCH3 is 1. The average molecular weight is 401 g/mol. The molecule has 28 heavy (non-hydrogen) atoms. The lowest BCUT2D eigenvalue weighted by Crippen LogP contribution is -2.25. The fourth-order valence-corrected chi connectivity index (χ4v) is 5.49. The van der Waals surface area contributed by atoms with Crippen LogP contribution in [0.25, 0.3) is 0 Å². The number of benzene rings is 1. The first kappa shape index (κ1) is 21.6. The first-order valence-corrected chi connectivity index (χ1v) is 10.8. The first-order valence-electron chi connectivity index (χ1n) is 10.8. The van der Waals surface area contributed by atoms with Crippen LogP contribution in [0.4, 0.5) is 17.6 Å². The number of ether oxygens (including phenoxy) is 1. The zero-order valence-corrected chi connectivity index (χ0v) is 17.0. The van der Waals surface area contributed by atoms with Crippen molar-refractivity contribution in [3.63, 3.8) is 0 Å². The Morgan fingerprint density at radius 2 is 1.39 bits per heavy atom. The molecule has 1 aromatic rings. The highest BCUT2D eigenvalue weighted by atomic mass is 19.3. The van der Waals surface area contributed by atoms with Gasteiger partial charge in [-0.15, -0.1) is 0 Å². The molecule has 2 saturated carbocycles. The Hall–Kier alpha value is -1.10. The summed E-state index contributed by atoms with van der Waals surface area (Å²) in [4.78, 5) is 0. The van der Waals surface area contributed by atoms with Crippen LogP contribution in [0.15, 0.2) is 12.1 Å². The molecular weight excluding hydrogens is 368 g/mol. The summed E-state index contributed by atoms with van der Waals surface area (Å²) in [5, 5.41) is 0. The molecule has 0 saturated heterocycles. The molecule has 0 spiro atoms. The molecule has 1 nitrogen and oxygen atoms in total. The highest BCUT2D eigenvalue weighted by Crippen LogP contribution is 2.45. The molecule has 3 rings (SSSR count). The van der Waals surface area contributed by atoms with Crippen molar-refractivity contribution in [2.45, 2.75) is 83.2 Å². The van der Waals surface area contributed by atoms with Gasteiger partial charge in [-0.3, -0.25) is 0 Å². The largest absolute Gasteiger partial charge is 0.388 e. The molecule has 2 aliphatic carbocycles. The zero-order valence-electron chi connectivity index (χ0n) is 17.0. The summed E-state index contributed by atoms with van der Waals surface area (Å²) in [6.07, 6.45) is 7.82. The van der Waals surface area contributed by atoms with E-state index in [4.69, 9.17) is 0 Å². The van der Waals surface area contributed by atoms with Gasteiger partial charge in [0.05, 0.1) is 0 Å². The van der Waals surface area contributed by atoms with Crippen LogP contribution in [0, 0.1) is 29.4 Å². The van der Waals surface area contributed by atoms with Crippen molar-refractivity contribution in [1.82, 2.24) is 0 Å². The maximum atomic E-state index is 14.2. The van der Waals surface area contributed by atoms with Crippen molar-refractivity contribution >= 4 is 0 Å². The molecule has 0 atom stereocenters. The van der Waals surface area contributed by atoms with Gasteiger partial charge in [0.2, 0.25) is 0 Å². The molecule has 158 valence electrons. The Balaban J connectivity index is 1.60. The maximum Gasteiger partial charge on any atom is 0.388 e. The Morgan fingerprint density at radius 3 is 1.86 bits per heavy atom. The van der Waals surface area contributed by atoms with Crippen LogP contribution in [0.3, 0.4) is 0 Å². The number of halogens is 4. The quantitative estimate of drug-likeness (QED) is 0.448. The van der Waals surface area contributed by atoms with Crippen molar-refractivity contribution in [1.29, 1.82) is 0 Å². The van der Waals surface area contributed by atoms with Crippen molar-refractivity contribution in [3.8, 4) is 0 Å². The van der Waals surface area contributed by atoms with Gasteiger partial charge in [0, 0.05) is 7.11 Å². The van der Waals surface area contributed by atoms with E-state index in [9.17, 15) is 17.6 Å². The Bertz CT molecular complexity index is 621. The summed E-state index contributed by atoms with van der Waals surface area (Å²) in [5.41, 5.74) is -0.799. The third-order valence-electron chi connectivity index (χ3n) is 7.11. The SMILES string of the molecule is CCCC1CCC(C2CCC(c3cc(F)c(C(F)(F)OC)c(F)c3)CC2)CC1. The first-order chi connectivity index (χ1) is 13.4. The molecule has 0 bridgehead atoms. The fourth-order valence-electron chi connectivity index (χ4n) is 5.49. The predicted octanol–water partition coefficient (Wildman–Crippen LogP) is 7.54. The van der Waals surface area contributed by atoms with Crippen LogP contribution in [0.5, 0.6) is 0 Å². The normalized spacial score (nSPS) is 29.1. The summed E-state index contributed by atoms with van der Waals surface area (Å²) in [7, 11) is 0.740. The molecule has 0 aliphatic heterocycles. The molecule has 2 fully saturated rings. The predicted molar refractivity (Wildman–Crippen MR) is 102 cm³/mol. The lowest BCUT2D eigenvalue weighted by Gasteiger charge is -2.38. The smallest absolute Gasteiger partial charge is 0.320 e. The van der Waals surface area contributed by atoms with Crippen LogP contribution in [-0.4, -0.2) is 7.11 Å². The van der Waals surface area contributed by atoms with E-state index in [1.54, 1.807) is 0 Å². The van der Waals surface area contributed by atoms with E-state index in [0.717, 1.165) is 56.8 Å². The molecule has 0 unspecified atom stereocenters. The monoisotopic (exact) mass is 400 g/mol. The van der Waals surface area contributed by atoms with Gasteiger partial charge in [0.1, 0.15) is 17.2 Å². The minimum Gasteiger partial charge on any atom is -0.320 e. The average Bonchev–Trinajstić information content (AvgIpc) is 2.68. The van der Waals surface area contributed by atoms with Gasteiger partial charge in [0.15, 0.2) is 0 Å². The summed E-state index contributed by atoms with van der Waals surface area (Å²) in [6.45, 7) is 2.25. The zero-order chi connectivity index (χ0) is 20.3. The minimum atomic E-state index is -3.96. The topological polar surface area (TPSA) is 9.23 Å². The van der Waals surface area contributed by atoms with Gasteiger partial charge in [-0.25, -0.2) is 8.78 Å². The van der Waals surface area contributed by atoms with Gasteiger partial charge >= 0.3 is 6.11 Å². The Labute approximate surface area is 165 Å². The van der Waals surface area contributed by atoms with Gasteiger partial charge in [-0.2, -0.15) is 8.78 Å². The van der Waals surface area contributed by atoms with Crippen molar-refractivity contribution in [3.05, 3.63) is 34.9 Å². The van der Waals surface area contributed by atoms with Crippen LogP contribution in [0.1, 0.15) is 88.2 Å². The van der Waals surface area contributed by atoms with Crippen LogP contribution < -0.4 is 0 Å². The molecule has 0 aromatic heterocycles.